The summed E-state index contributed by atoms with van der Waals surface area (Å²) in [5.41, 5.74) is 2.46. The van der Waals surface area contributed by atoms with Crippen molar-refractivity contribution in [3.8, 4) is 5.75 Å². The van der Waals surface area contributed by atoms with Crippen molar-refractivity contribution in [3.05, 3.63) is 59.2 Å². The maximum Gasteiger partial charge on any atom is 0.325 e. The van der Waals surface area contributed by atoms with Crippen LogP contribution in [0.25, 0.3) is 0 Å². The van der Waals surface area contributed by atoms with Crippen molar-refractivity contribution in [1.82, 2.24) is 10.2 Å². The first kappa shape index (κ1) is 22.3. The molecule has 0 unspecified atom stereocenters. The number of carbonyl (C=O) groups excluding carboxylic acids is 3. The van der Waals surface area contributed by atoms with Crippen LogP contribution in [0, 0.1) is 0 Å². The van der Waals surface area contributed by atoms with E-state index in [-0.39, 0.29) is 13.0 Å². The molecule has 0 aliphatic carbocycles. The Labute approximate surface area is 182 Å². The number of benzene rings is 2. The van der Waals surface area contributed by atoms with Gasteiger partial charge in [0.25, 0.3) is 5.91 Å². The average Bonchev–Trinajstić information content (AvgIpc) is 2.97. The number of ether oxygens (including phenoxy) is 1. The maximum absolute atomic E-state index is 13.1. The third-order valence-electron chi connectivity index (χ3n) is 5.65. The highest BCUT2D eigenvalue weighted by atomic mass is 16.5. The van der Waals surface area contributed by atoms with E-state index in [9.17, 15) is 14.4 Å². The highest BCUT2D eigenvalue weighted by Crippen LogP contribution is 2.28. The normalized spacial score (nSPS) is 18.1. The zero-order valence-corrected chi connectivity index (χ0v) is 18.5. The number of hydrogen-bond donors (Lipinski definition) is 2. The van der Waals surface area contributed by atoms with Crippen LogP contribution in [-0.4, -0.2) is 41.9 Å². The summed E-state index contributed by atoms with van der Waals surface area (Å²) in [7, 11) is 1.56. The van der Waals surface area contributed by atoms with E-state index in [0.29, 0.717) is 5.75 Å². The number of urea groups is 1. The fraction of sp³-hybridized carbons (Fsp3) is 0.375. The number of anilines is 1. The molecule has 4 amide bonds. The van der Waals surface area contributed by atoms with E-state index in [2.05, 4.69) is 10.6 Å². The first-order valence-electron chi connectivity index (χ1n) is 10.5. The second-order valence-corrected chi connectivity index (χ2v) is 7.85. The van der Waals surface area contributed by atoms with E-state index >= 15 is 0 Å². The van der Waals surface area contributed by atoms with Gasteiger partial charge in [0, 0.05) is 12.1 Å². The average molecular weight is 424 g/mol. The molecule has 7 nitrogen and oxygen atoms in total. The van der Waals surface area contributed by atoms with Gasteiger partial charge in [-0.15, -0.1) is 0 Å². The summed E-state index contributed by atoms with van der Waals surface area (Å²) >= 11 is 0. The Kier molecular flexibility index (Phi) is 6.63. The molecular weight excluding hydrogens is 394 g/mol. The van der Waals surface area contributed by atoms with Gasteiger partial charge in [-0.1, -0.05) is 50.2 Å². The molecule has 1 saturated heterocycles. The lowest BCUT2D eigenvalue weighted by atomic mass is 9.92. The van der Waals surface area contributed by atoms with Gasteiger partial charge in [0.2, 0.25) is 5.91 Å². The largest absolute Gasteiger partial charge is 0.496 e. The number of para-hydroxylation sites is 2. The van der Waals surface area contributed by atoms with E-state index in [0.717, 1.165) is 40.1 Å². The van der Waals surface area contributed by atoms with Crippen LogP contribution in [0.5, 0.6) is 5.75 Å². The van der Waals surface area contributed by atoms with Gasteiger partial charge in [0.1, 0.15) is 17.8 Å². The van der Waals surface area contributed by atoms with Crippen LogP contribution < -0.4 is 15.4 Å². The lowest BCUT2D eigenvalue weighted by molar-refractivity contribution is -0.133. The van der Waals surface area contributed by atoms with Crippen molar-refractivity contribution in [3.63, 3.8) is 0 Å². The molecule has 164 valence electrons. The molecule has 7 heteroatoms. The SMILES string of the molecule is CCc1cccc(CC)c1NC(=O)CN1C(=O)N[C@](C)(Cc2ccccc2OC)C1=O. The molecule has 3 rings (SSSR count). The van der Waals surface area contributed by atoms with E-state index in [1.807, 2.05) is 56.3 Å². The van der Waals surface area contributed by atoms with Crippen molar-refractivity contribution in [2.75, 3.05) is 19.0 Å². The summed E-state index contributed by atoms with van der Waals surface area (Å²) in [6.45, 7) is 5.36. The number of nitrogens with zero attached hydrogens (tertiary/aromatic N) is 1. The molecule has 1 atom stereocenters. The Morgan fingerprint density at radius 1 is 1.03 bits per heavy atom. The molecule has 0 spiro atoms. The van der Waals surface area contributed by atoms with Crippen LogP contribution in [-0.2, 0) is 28.9 Å². The molecular formula is C24H29N3O4. The van der Waals surface area contributed by atoms with Crippen molar-refractivity contribution in [2.24, 2.45) is 0 Å². The fourth-order valence-electron chi connectivity index (χ4n) is 3.97. The van der Waals surface area contributed by atoms with Gasteiger partial charge in [-0.05, 0) is 42.5 Å². The van der Waals surface area contributed by atoms with Crippen LogP contribution in [0.4, 0.5) is 10.5 Å². The minimum atomic E-state index is -1.15. The fourth-order valence-corrected chi connectivity index (χ4v) is 3.97. The topological polar surface area (TPSA) is 87.7 Å². The summed E-state index contributed by atoms with van der Waals surface area (Å²) in [6, 6.07) is 12.7. The highest BCUT2D eigenvalue weighted by Gasteiger charge is 2.48. The predicted molar refractivity (Wildman–Crippen MR) is 119 cm³/mol. The standard InChI is InChI=1S/C24H29N3O4/c1-5-16-11-9-12-17(6-2)21(16)25-20(28)15-27-22(29)24(3,26-23(27)30)14-18-10-7-8-13-19(18)31-4/h7-13H,5-6,14-15H2,1-4H3,(H,25,28)(H,26,30)/t24-/m1/s1. The second kappa shape index (κ2) is 9.20. The van der Waals surface area contributed by atoms with Crippen molar-refractivity contribution >= 4 is 23.5 Å². The number of nitrogens with one attached hydrogen (secondary N) is 2. The summed E-state index contributed by atoms with van der Waals surface area (Å²) < 4.78 is 5.36. The molecule has 1 fully saturated rings. The molecule has 0 bridgehead atoms. The Hall–Kier alpha value is -3.35. The van der Waals surface area contributed by atoms with Gasteiger partial charge in [0.15, 0.2) is 0 Å². The number of aryl methyl sites for hydroxylation is 2. The minimum absolute atomic E-state index is 0.262. The number of hydrogen-bond acceptors (Lipinski definition) is 4. The first-order valence-corrected chi connectivity index (χ1v) is 10.5. The van der Waals surface area contributed by atoms with Gasteiger partial charge >= 0.3 is 6.03 Å². The first-order chi connectivity index (χ1) is 14.8. The lowest BCUT2D eigenvalue weighted by Gasteiger charge is -2.23. The third kappa shape index (κ3) is 4.55. The molecule has 2 aromatic carbocycles. The van der Waals surface area contributed by atoms with Crippen LogP contribution in [0.15, 0.2) is 42.5 Å². The molecule has 2 aromatic rings. The Balaban J connectivity index is 1.75. The number of methoxy groups -OCH3 is 1. The van der Waals surface area contributed by atoms with Gasteiger partial charge < -0.3 is 15.4 Å². The van der Waals surface area contributed by atoms with Crippen LogP contribution in [0.1, 0.15) is 37.5 Å². The van der Waals surface area contributed by atoms with Gasteiger partial charge in [-0.2, -0.15) is 0 Å². The molecule has 1 aliphatic heterocycles. The molecule has 0 radical (unpaired) electrons. The predicted octanol–water partition coefficient (Wildman–Crippen LogP) is 3.31. The van der Waals surface area contributed by atoms with Crippen LogP contribution >= 0.6 is 0 Å². The molecule has 31 heavy (non-hydrogen) atoms. The molecule has 0 aromatic heterocycles. The summed E-state index contributed by atoms with van der Waals surface area (Å²) in [4.78, 5) is 39.4. The van der Waals surface area contributed by atoms with Crippen molar-refractivity contribution in [2.45, 2.75) is 45.6 Å². The monoisotopic (exact) mass is 423 g/mol. The molecule has 1 heterocycles. The quantitative estimate of drug-likeness (QED) is 0.638. The Morgan fingerprint density at radius 3 is 2.26 bits per heavy atom. The second-order valence-electron chi connectivity index (χ2n) is 7.85. The van der Waals surface area contributed by atoms with Gasteiger partial charge in [0.05, 0.1) is 7.11 Å². The Bertz CT molecular complexity index is 982. The smallest absolute Gasteiger partial charge is 0.325 e. The van der Waals surface area contributed by atoms with Crippen molar-refractivity contribution < 1.29 is 19.1 Å². The molecule has 2 N–H and O–H groups in total. The van der Waals surface area contributed by atoms with Gasteiger partial charge in [-0.3, -0.25) is 14.5 Å². The summed E-state index contributed by atoms with van der Waals surface area (Å²) in [5, 5.41) is 5.66. The summed E-state index contributed by atoms with van der Waals surface area (Å²) in [5.74, 6) is -0.191. The van der Waals surface area contributed by atoms with Gasteiger partial charge in [-0.25, -0.2) is 4.79 Å². The van der Waals surface area contributed by atoms with Crippen LogP contribution in [0.2, 0.25) is 0 Å². The number of imide groups is 1. The van der Waals surface area contributed by atoms with E-state index in [4.69, 9.17) is 4.74 Å². The van der Waals surface area contributed by atoms with Crippen molar-refractivity contribution in [1.29, 1.82) is 0 Å². The lowest BCUT2D eigenvalue weighted by Crippen LogP contribution is -2.46. The van der Waals surface area contributed by atoms with Crippen LogP contribution in [0.3, 0.4) is 0 Å². The number of rotatable bonds is 8. The summed E-state index contributed by atoms with van der Waals surface area (Å²) in [6.07, 6.45) is 1.80. The maximum atomic E-state index is 13.1. The third-order valence-corrected chi connectivity index (χ3v) is 5.65. The molecule has 1 aliphatic rings. The number of carbonyl (C=O) groups is 3. The van der Waals surface area contributed by atoms with E-state index < -0.39 is 23.4 Å². The zero-order chi connectivity index (χ0) is 22.6. The minimum Gasteiger partial charge on any atom is -0.496 e. The highest BCUT2D eigenvalue weighted by molar-refractivity contribution is 6.10. The number of amides is 4. The van der Waals surface area contributed by atoms with E-state index in [1.54, 1.807) is 14.0 Å². The van der Waals surface area contributed by atoms with E-state index in [1.165, 1.54) is 0 Å². The Morgan fingerprint density at radius 2 is 1.65 bits per heavy atom. The molecule has 0 saturated carbocycles. The zero-order valence-electron chi connectivity index (χ0n) is 18.5.